The summed E-state index contributed by atoms with van der Waals surface area (Å²) >= 11 is 6.49. The lowest BCUT2D eigenvalue weighted by atomic mass is 10.1. The molecule has 0 amide bonds. The van der Waals surface area contributed by atoms with Crippen molar-refractivity contribution in [2.75, 3.05) is 0 Å². The molecular weight excluding hydrogens is 398 g/mol. The molecule has 0 aliphatic heterocycles. The summed E-state index contributed by atoms with van der Waals surface area (Å²) in [4.78, 5) is 23.8. The number of benzene rings is 2. The fourth-order valence-electron chi connectivity index (χ4n) is 3.34. The fourth-order valence-corrected chi connectivity index (χ4v) is 3.55. The third kappa shape index (κ3) is 4.26. The van der Waals surface area contributed by atoms with E-state index in [1.165, 1.54) is 0 Å². The summed E-state index contributed by atoms with van der Waals surface area (Å²) in [6, 6.07) is 16.9. The molecule has 30 heavy (non-hydrogen) atoms. The predicted octanol–water partition coefficient (Wildman–Crippen LogP) is 5.25. The highest BCUT2D eigenvalue weighted by atomic mass is 35.5. The van der Waals surface area contributed by atoms with Crippen molar-refractivity contribution in [3.63, 3.8) is 0 Å². The Labute approximate surface area is 179 Å². The molecule has 2 aromatic heterocycles. The Morgan fingerprint density at radius 3 is 2.57 bits per heavy atom. The van der Waals surface area contributed by atoms with Crippen molar-refractivity contribution in [1.29, 1.82) is 0 Å². The standard InChI is InChI=1S/C24H20ClN3O2/c1-15-11-17(12-16(2)22(15)30-14-18-7-5-6-10-26-18)13-20(25)23-27-21-9-4-3-8-19(21)24(29)28-23/h3-13H,14H2,1-2H3,(H,27,28,29)/b20-13+. The molecule has 0 fully saturated rings. The number of para-hydroxylation sites is 1. The molecular formula is C24H20ClN3O2. The van der Waals surface area contributed by atoms with Crippen LogP contribution in [0.15, 0.2) is 65.6 Å². The summed E-state index contributed by atoms with van der Waals surface area (Å²) in [6.07, 6.45) is 3.54. The summed E-state index contributed by atoms with van der Waals surface area (Å²) < 4.78 is 5.99. The monoisotopic (exact) mass is 417 g/mol. The van der Waals surface area contributed by atoms with Crippen LogP contribution in [0.5, 0.6) is 5.75 Å². The first-order valence-electron chi connectivity index (χ1n) is 9.52. The molecule has 0 saturated carbocycles. The van der Waals surface area contributed by atoms with Gasteiger partial charge < -0.3 is 9.72 Å². The zero-order chi connectivity index (χ0) is 21.1. The van der Waals surface area contributed by atoms with Crippen LogP contribution in [0.2, 0.25) is 0 Å². The topological polar surface area (TPSA) is 67.9 Å². The molecule has 2 aromatic carbocycles. The predicted molar refractivity (Wildman–Crippen MR) is 121 cm³/mol. The molecule has 0 unspecified atom stereocenters. The number of hydrogen-bond donors (Lipinski definition) is 1. The van der Waals surface area contributed by atoms with Gasteiger partial charge in [-0.1, -0.05) is 29.8 Å². The van der Waals surface area contributed by atoms with Crippen LogP contribution in [0, 0.1) is 13.8 Å². The second-order valence-corrected chi connectivity index (χ2v) is 7.42. The number of rotatable bonds is 5. The van der Waals surface area contributed by atoms with Crippen molar-refractivity contribution in [3.05, 3.63) is 99.4 Å². The number of H-pyrrole nitrogens is 1. The van der Waals surface area contributed by atoms with E-state index in [-0.39, 0.29) is 5.56 Å². The minimum Gasteiger partial charge on any atom is -0.487 e. The lowest BCUT2D eigenvalue weighted by molar-refractivity contribution is 0.297. The van der Waals surface area contributed by atoms with Gasteiger partial charge in [0, 0.05) is 6.20 Å². The van der Waals surface area contributed by atoms with Gasteiger partial charge in [-0.15, -0.1) is 0 Å². The molecule has 0 atom stereocenters. The van der Waals surface area contributed by atoms with E-state index < -0.39 is 0 Å². The van der Waals surface area contributed by atoms with E-state index in [2.05, 4.69) is 15.0 Å². The second-order valence-electron chi connectivity index (χ2n) is 7.02. The number of fused-ring (bicyclic) bond motifs is 1. The van der Waals surface area contributed by atoms with Gasteiger partial charge in [0.25, 0.3) is 5.56 Å². The van der Waals surface area contributed by atoms with Crippen LogP contribution in [-0.2, 0) is 6.61 Å². The highest BCUT2D eigenvalue weighted by molar-refractivity contribution is 6.50. The molecule has 4 rings (SSSR count). The molecule has 5 nitrogen and oxygen atoms in total. The minimum absolute atomic E-state index is 0.215. The quantitative estimate of drug-likeness (QED) is 0.481. The van der Waals surface area contributed by atoms with Crippen LogP contribution in [0.25, 0.3) is 22.0 Å². The van der Waals surface area contributed by atoms with Crippen molar-refractivity contribution in [2.45, 2.75) is 20.5 Å². The van der Waals surface area contributed by atoms with Gasteiger partial charge in [0.2, 0.25) is 0 Å². The first-order chi connectivity index (χ1) is 14.5. The highest BCUT2D eigenvalue weighted by Gasteiger charge is 2.10. The Hall–Kier alpha value is -3.44. The van der Waals surface area contributed by atoms with E-state index in [0.717, 1.165) is 28.1 Å². The van der Waals surface area contributed by atoms with Gasteiger partial charge in [-0.2, -0.15) is 0 Å². The van der Waals surface area contributed by atoms with Crippen LogP contribution in [0.1, 0.15) is 28.2 Å². The Kier molecular flexibility index (Phi) is 5.63. The maximum absolute atomic E-state index is 12.3. The Balaban J connectivity index is 1.61. The van der Waals surface area contributed by atoms with Crippen LogP contribution >= 0.6 is 11.6 Å². The van der Waals surface area contributed by atoms with Gasteiger partial charge in [-0.25, -0.2) is 4.98 Å². The van der Waals surface area contributed by atoms with Gasteiger partial charge >= 0.3 is 0 Å². The molecule has 0 radical (unpaired) electrons. The third-order valence-electron chi connectivity index (χ3n) is 4.71. The smallest absolute Gasteiger partial charge is 0.259 e. The van der Waals surface area contributed by atoms with Crippen molar-refractivity contribution >= 4 is 33.6 Å². The maximum atomic E-state index is 12.3. The van der Waals surface area contributed by atoms with E-state index in [9.17, 15) is 4.79 Å². The molecule has 0 aliphatic rings. The number of hydrogen-bond acceptors (Lipinski definition) is 4. The average Bonchev–Trinajstić information content (AvgIpc) is 2.74. The fraction of sp³-hybridized carbons (Fsp3) is 0.125. The number of ether oxygens (including phenoxy) is 1. The van der Waals surface area contributed by atoms with Crippen LogP contribution in [0.4, 0.5) is 0 Å². The van der Waals surface area contributed by atoms with Crippen molar-refractivity contribution in [2.24, 2.45) is 0 Å². The Morgan fingerprint density at radius 1 is 1.10 bits per heavy atom. The van der Waals surface area contributed by atoms with Crippen LogP contribution in [-0.4, -0.2) is 15.0 Å². The van der Waals surface area contributed by atoms with E-state index >= 15 is 0 Å². The number of pyridine rings is 1. The average molecular weight is 418 g/mol. The molecule has 1 N–H and O–H groups in total. The largest absolute Gasteiger partial charge is 0.487 e. The summed E-state index contributed by atoms with van der Waals surface area (Å²) in [7, 11) is 0. The first-order valence-corrected chi connectivity index (χ1v) is 9.89. The summed E-state index contributed by atoms with van der Waals surface area (Å²) in [6.45, 7) is 4.38. The molecule has 0 spiro atoms. The van der Waals surface area contributed by atoms with Gasteiger partial charge in [-0.05, 0) is 73.0 Å². The number of halogens is 1. The normalized spacial score (nSPS) is 11.6. The Morgan fingerprint density at radius 2 is 1.83 bits per heavy atom. The van der Waals surface area contributed by atoms with Crippen molar-refractivity contribution in [3.8, 4) is 5.75 Å². The van der Waals surface area contributed by atoms with E-state index in [1.807, 2.05) is 50.2 Å². The molecule has 0 bridgehead atoms. The zero-order valence-corrected chi connectivity index (χ0v) is 17.4. The van der Waals surface area contributed by atoms with Gasteiger partial charge in [-0.3, -0.25) is 9.78 Å². The molecule has 0 saturated heterocycles. The number of aryl methyl sites for hydroxylation is 2. The number of aromatic amines is 1. The number of nitrogens with zero attached hydrogens (tertiary/aromatic N) is 2. The van der Waals surface area contributed by atoms with E-state index in [4.69, 9.17) is 16.3 Å². The molecule has 6 heteroatoms. The maximum Gasteiger partial charge on any atom is 0.259 e. The molecule has 0 aliphatic carbocycles. The van der Waals surface area contributed by atoms with Crippen molar-refractivity contribution in [1.82, 2.24) is 15.0 Å². The summed E-state index contributed by atoms with van der Waals surface area (Å²) in [5, 5.41) is 0.894. The lowest BCUT2D eigenvalue weighted by Crippen LogP contribution is -2.10. The number of aromatic nitrogens is 3. The summed E-state index contributed by atoms with van der Waals surface area (Å²) in [5.41, 5.74) is 4.13. The summed E-state index contributed by atoms with van der Waals surface area (Å²) in [5.74, 6) is 1.16. The molecule has 150 valence electrons. The zero-order valence-electron chi connectivity index (χ0n) is 16.6. The van der Waals surface area contributed by atoms with Gasteiger partial charge in [0.05, 0.1) is 21.6 Å². The third-order valence-corrected chi connectivity index (χ3v) is 4.99. The lowest BCUT2D eigenvalue weighted by Gasteiger charge is -2.13. The highest BCUT2D eigenvalue weighted by Crippen LogP contribution is 2.28. The van der Waals surface area contributed by atoms with Gasteiger partial charge in [0.1, 0.15) is 12.4 Å². The van der Waals surface area contributed by atoms with Crippen LogP contribution < -0.4 is 10.3 Å². The second kappa shape index (κ2) is 8.51. The first kappa shape index (κ1) is 19.9. The molecule has 2 heterocycles. The minimum atomic E-state index is -0.215. The Bertz CT molecular complexity index is 1270. The van der Waals surface area contributed by atoms with E-state index in [0.29, 0.717) is 28.4 Å². The number of nitrogens with one attached hydrogen (secondary N) is 1. The molecule has 4 aromatic rings. The van der Waals surface area contributed by atoms with Gasteiger partial charge in [0.15, 0.2) is 5.82 Å². The van der Waals surface area contributed by atoms with Crippen molar-refractivity contribution < 1.29 is 4.74 Å². The SMILES string of the molecule is Cc1cc(/C=C(/Cl)c2nc3ccccc3c(=O)[nH]2)cc(C)c1OCc1ccccn1. The van der Waals surface area contributed by atoms with E-state index in [1.54, 1.807) is 30.5 Å². The van der Waals surface area contributed by atoms with Crippen LogP contribution in [0.3, 0.4) is 0 Å².